The van der Waals surface area contributed by atoms with Crippen LogP contribution in [0.15, 0.2) is 18.2 Å². The number of benzene rings is 1. The summed E-state index contributed by atoms with van der Waals surface area (Å²) in [6, 6.07) is 6.43. The zero-order valence-electron chi connectivity index (χ0n) is 9.49. The summed E-state index contributed by atoms with van der Waals surface area (Å²) in [7, 11) is 1.67. The number of hydrogen-bond donors (Lipinski definition) is 0. The van der Waals surface area contributed by atoms with Crippen molar-refractivity contribution in [2.75, 3.05) is 25.2 Å². The van der Waals surface area contributed by atoms with E-state index in [0.29, 0.717) is 6.04 Å². The average molecular weight is 207 g/mol. The number of rotatable bonds is 2. The van der Waals surface area contributed by atoms with Gasteiger partial charge in [0.2, 0.25) is 0 Å². The van der Waals surface area contributed by atoms with Gasteiger partial charge >= 0.3 is 0 Å². The minimum Gasteiger partial charge on any atom is -0.497 e. The van der Waals surface area contributed by atoms with E-state index in [1.165, 1.54) is 0 Å². The largest absolute Gasteiger partial charge is 0.497 e. The van der Waals surface area contributed by atoms with Crippen LogP contribution in [-0.4, -0.2) is 26.3 Å². The molecule has 1 atom stereocenters. The minimum atomic E-state index is 0.441. The van der Waals surface area contributed by atoms with Gasteiger partial charge in [0.1, 0.15) is 18.1 Å². The van der Waals surface area contributed by atoms with Gasteiger partial charge in [0, 0.05) is 12.6 Å². The highest BCUT2D eigenvalue weighted by Crippen LogP contribution is 2.36. The van der Waals surface area contributed by atoms with E-state index in [1.807, 2.05) is 12.1 Å². The lowest BCUT2D eigenvalue weighted by Gasteiger charge is -2.36. The summed E-state index contributed by atoms with van der Waals surface area (Å²) in [6.07, 6.45) is 0. The summed E-state index contributed by atoms with van der Waals surface area (Å²) in [5.74, 6) is 1.77. The third-order valence-corrected chi connectivity index (χ3v) is 2.83. The lowest BCUT2D eigenvalue weighted by atomic mass is 10.1. The van der Waals surface area contributed by atoms with E-state index < -0.39 is 0 Å². The highest BCUT2D eigenvalue weighted by molar-refractivity contribution is 5.62. The Morgan fingerprint density at radius 3 is 3.00 bits per heavy atom. The van der Waals surface area contributed by atoms with Gasteiger partial charge in [-0.1, -0.05) is 0 Å². The van der Waals surface area contributed by atoms with Crippen molar-refractivity contribution >= 4 is 5.69 Å². The van der Waals surface area contributed by atoms with Crippen LogP contribution >= 0.6 is 0 Å². The van der Waals surface area contributed by atoms with E-state index in [9.17, 15) is 0 Å². The second-order valence-electron chi connectivity index (χ2n) is 3.78. The quantitative estimate of drug-likeness (QED) is 0.742. The van der Waals surface area contributed by atoms with Crippen LogP contribution in [-0.2, 0) is 0 Å². The minimum absolute atomic E-state index is 0.441. The van der Waals surface area contributed by atoms with Gasteiger partial charge in [-0.3, -0.25) is 0 Å². The first kappa shape index (κ1) is 10.1. The lowest BCUT2D eigenvalue weighted by Crippen LogP contribution is -2.40. The first-order valence-corrected chi connectivity index (χ1v) is 5.33. The van der Waals surface area contributed by atoms with Crippen molar-refractivity contribution in [3.05, 3.63) is 18.2 Å². The molecule has 1 aliphatic heterocycles. The highest BCUT2D eigenvalue weighted by Gasteiger charge is 2.23. The fraction of sp³-hybridized carbons (Fsp3) is 0.500. The summed E-state index contributed by atoms with van der Waals surface area (Å²) in [5.41, 5.74) is 1.16. The van der Waals surface area contributed by atoms with Crippen LogP contribution in [0.5, 0.6) is 11.5 Å². The summed E-state index contributed by atoms with van der Waals surface area (Å²) >= 11 is 0. The molecule has 0 amide bonds. The molecule has 3 heteroatoms. The summed E-state index contributed by atoms with van der Waals surface area (Å²) in [6.45, 7) is 6.09. The van der Waals surface area contributed by atoms with E-state index in [-0.39, 0.29) is 0 Å². The number of fused-ring (bicyclic) bond motifs is 1. The molecule has 1 aromatic rings. The molecule has 3 nitrogen and oxygen atoms in total. The average Bonchev–Trinajstić information content (AvgIpc) is 2.28. The first-order valence-electron chi connectivity index (χ1n) is 5.33. The van der Waals surface area contributed by atoms with E-state index in [0.717, 1.165) is 30.3 Å². The van der Waals surface area contributed by atoms with E-state index >= 15 is 0 Å². The molecule has 1 heterocycles. The van der Waals surface area contributed by atoms with Gasteiger partial charge in [0.25, 0.3) is 0 Å². The molecule has 0 bridgehead atoms. The number of methoxy groups -OCH3 is 1. The van der Waals surface area contributed by atoms with Crippen molar-refractivity contribution in [1.82, 2.24) is 0 Å². The summed E-state index contributed by atoms with van der Waals surface area (Å²) in [5, 5.41) is 0. The fourth-order valence-electron chi connectivity index (χ4n) is 1.99. The maximum Gasteiger partial charge on any atom is 0.146 e. The van der Waals surface area contributed by atoms with Crippen LogP contribution in [0.3, 0.4) is 0 Å². The molecule has 82 valence electrons. The van der Waals surface area contributed by atoms with Gasteiger partial charge < -0.3 is 14.4 Å². The Morgan fingerprint density at radius 1 is 1.53 bits per heavy atom. The maximum atomic E-state index is 5.69. The van der Waals surface area contributed by atoms with Crippen LogP contribution in [0.25, 0.3) is 0 Å². The van der Waals surface area contributed by atoms with Crippen LogP contribution in [0.2, 0.25) is 0 Å². The maximum absolute atomic E-state index is 5.69. The number of likely N-dealkylation sites (N-methyl/N-ethyl adjacent to an activating group) is 1. The van der Waals surface area contributed by atoms with Crippen LogP contribution < -0.4 is 14.4 Å². The zero-order chi connectivity index (χ0) is 10.8. The molecule has 0 radical (unpaired) electrons. The van der Waals surface area contributed by atoms with Crippen LogP contribution in [0.1, 0.15) is 13.8 Å². The van der Waals surface area contributed by atoms with Crippen molar-refractivity contribution in [1.29, 1.82) is 0 Å². The van der Waals surface area contributed by atoms with Crippen LogP contribution in [0, 0.1) is 0 Å². The van der Waals surface area contributed by atoms with Crippen molar-refractivity contribution in [2.24, 2.45) is 0 Å². The third-order valence-electron chi connectivity index (χ3n) is 2.83. The van der Waals surface area contributed by atoms with Crippen molar-refractivity contribution < 1.29 is 9.47 Å². The molecule has 0 aromatic heterocycles. The molecule has 0 fully saturated rings. The first-order chi connectivity index (χ1) is 7.26. The molecule has 2 rings (SSSR count). The smallest absolute Gasteiger partial charge is 0.146 e. The predicted octanol–water partition coefficient (Wildman–Crippen LogP) is 2.30. The Balaban J connectivity index is 2.38. The molecule has 0 spiro atoms. The SMILES string of the molecule is CCN1c2ccc(OC)cc2OCC1C. The van der Waals surface area contributed by atoms with Crippen LogP contribution in [0.4, 0.5) is 5.69 Å². The Hall–Kier alpha value is -1.38. The molecule has 0 N–H and O–H groups in total. The van der Waals surface area contributed by atoms with Gasteiger partial charge in [-0.15, -0.1) is 0 Å². The highest BCUT2D eigenvalue weighted by atomic mass is 16.5. The second kappa shape index (κ2) is 4.01. The molecule has 0 aliphatic carbocycles. The number of ether oxygens (including phenoxy) is 2. The molecule has 1 aromatic carbocycles. The summed E-state index contributed by atoms with van der Waals surface area (Å²) in [4.78, 5) is 2.35. The molecule has 0 saturated carbocycles. The van der Waals surface area contributed by atoms with Gasteiger partial charge in [-0.2, -0.15) is 0 Å². The third kappa shape index (κ3) is 1.74. The van der Waals surface area contributed by atoms with Gasteiger partial charge in [-0.25, -0.2) is 0 Å². The van der Waals surface area contributed by atoms with E-state index in [4.69, 9.17) is 9.47 Å². The topological polar surface area (TPSA) is 21.7 Å². The van der Waals surface area contributed by atoms with Gasteiger partial charge in [-0.05, 0) is 26.0 Å². The zero-order valence-corrected chi connectivity index (χ0v) is 9.49. The summed E-state index contributed by atoms with van der Waals surface area (Å²) < 4.78 is 10.9. The Labute approximate surface area is 90.6 Å². The molecular formula is C12H17NO2. The normalized spacial score (nSPS) is 19.4. The lowest BCUT2D eigenvalue weighted by molar-refractivity contribution is 0.269. The monoisotopic (exact) mass is 207 g/mol. The number of hydrogen-bond acceptors (Lipinski definition) is 3. The molecule has 1 aliphatic rings. The van der Waals surface area contributed by atoms with Crippen molar-refractivity contribution in [3.63, 3.8) is 0 Å². The molecule has 15 heavy (non-hydrogen) atoms. The Kier molecular flexibility index (Phi) is 2.71. The Bertz CT molecular complexity index is 351. The molecule has 1 unspecified atom stereocenters. The van der Waals surface area contributed by atoms with Crippen molar-refractivity contribution in [3.8, 4) is 11.5 Å². The second-order valence-corrected chi connectivity index (χ2v) is 3.78. The standard InChI is InChI=1S/C12H17NO2/c1-4-13-9(2)8-15-12-7-10(14-3)5-6-11(12)13/h5-7,9H,4,8H2,1-3H3. The van der Waals surface area contributed by atoms with E-state index in [1.54, 1.807) is 7.11 Å². The Morgan fingerprint density at radius 2 is 2.33 bits per heavy atom. The number of nitrogens with zero attached hydrogens (tertiary/aromatic N) is 1. The predicted molar refractivity (Wildman–Crippen MR) is 61.0 cm³/mol. The van der Waals surface area contributed by atoms with E-state index in [2.05, 4.69) is 24.8 Å². The molecular weight excluding hydrogens is 190 g/mol. The van der Waals surface area contributed by atoms with Crippen molar-refractivity contribution in [2.45, 2.75) is 19.9 Å². The number of anilines is 1. The fourth-order valence-corrected chi connectivity index (χ4v) is 1.99. The van der Waals surface area contributed by atoms with Gasteiger partial charge in [0.05, 0.1) is 18.8 Å². The van der Waals surface area contributed by atoms with Gasteiger partial charge in [0.15, 0.2) is 0 Å². The molecule has 0 saturated heterocycles.